The molecule has 114 valence electrons. The van der Waals surface area contributed by atoms with Crippen molar-refractivity contribution < 1.29 is 0 Å². The van der Waals surface area contributed by atoms with E-state index in [1.54, 1.807) is 4.68 Å². The summed E-state index contributed by atoms with van der Waals surface area (Å²) < 4.78 is 1.80. The van der Waals surface area contributed by atoms with Crippen LogP contribution in [-0.4, -0.2) is 26.8 Å². The Kier molecular flexibility index (Phi) is 3.97. The maximum atomic E-state index is 6.26. The van der Waals surface area contributed by atoms with E-state index in [0.29, 0.717) is 5.02 Å². The minimum atomic E-state index is -0.145. The summed E-state index contributed by atoms with van der Waals surface area (Å²) in [5.74, 6) is 2.36. The molecule has 0 amide bonds. The van der Waals surface area contributed by atoms with Crippen LogP contribution >= 0.6 is 11.6 Å². The minimum Gasteiger partial charge on any atom is -0.373 e. The minimum absolute atomic E-state index is 0.145. The smallest absolute Gasteiger partial charge is 0.162 e. The van der Waals surface area contributed by atoms with Gasteiger partial charge in [-0.15, -0.1) is 0 Å². The maximum absolute atomic E-state index is 6.26. The van der Waals surface area contributed by atoms with Crippen LogP contribution < -0.4 is 5.32 Å². The molecule has 1 N–H and O–H groups in total. The van der Waals surface area contributed by atoms with Crippen molar-refractivity contribution in [3.8, 4) is 5.82 Å². The van der Waals surface area contributed by atoms with Crippen LogP contribution in [0.4, 0.5) is 5.82 Å². The number of rotatable bonds is 2. The summed E-state index contributed by atoms with van der Waals surface area (Å²) in [5, 5.41) is 8.32. The quantitative estimate of drug-likeness (QED) is 0.921. The van der Waals surface area contributed by atoms with Crippen LogP contribution in [0, 0.1) is 20.8 Å². The number of nitrogens with one attached hydrogen (secondary N) is 1. The molecule has 2 rings (SSSR count). The van der Waals surface area contributed by atoms with Crippen LogP contribution in [0.25, 0.3) is 5.82 Å². The third kappa shape index (κ3) is 2.75. The second-order valence-corrected chi connectivity index (χ2v) is 6.62. The van der Waals surface area contributed by atoms with Gasteiger partial charge in [0.1, 0.15) is 11.6 Å². The number of anilines is 1. The van der Waals surface area contributed by atoms with Crippen LogP contribution in [-0.2, 0) is 5.41 Å². The molecule has 0 aliphatic heterocycles. The summed E-state index contributed by atoms with van der Waals surface area (Å²) in [6.45, 7) is 12.1. The van der Waals surface area contributed by atoms with Crippen molar-refractivity contribution >= 4 is 17.4 Å². The van der Waals surface area contributed by atoms with E-state index in [9.17, 15) is 0 Å². The van der Waals surface area contributed by atoms with E-state index in [1.165, 1.54) is 0 Å². The molecule has 2 aromatic heterocycles. The Morgan fingerprint density at radius 3 is 2.14 bits per heavy atom. The van der Waals surface area contributed by atoms with Crippen molar-refractivity contribution in [1.82, 2.24) is 19.7 Å². The van der Waals surface area contributed by atoms with Crippen molar-refractivity contribution in [1.29, 1.82) is 0 Å². The number of nitrogens with zero attached hydrogens (tertiary/aromatic N) is 4. The molecule has 0 unspecified atom stereocenters. The van der Waals surface area contributed by atoms with E-state index in [4.69, 9.17) is 16.6 Å². The van der Waals surface area contributed by atoms with Crippen LogP contribution in [0.2, 0.25) is 5.02 Å². The Balaban J connectivity index is 2.75. The SMILES string of the molecule is CNc1nc(C(C)(C)C)nc(-n2nc(C)c(Cl)c2C)c1C. The van der Waals surface area contributed by atoms with Gasteiger partial charge in [-0.1, -0.05) is 32.4 Å². The Hall–Kier alpha value is -1.62. The zero-order valence-corrected chi connectivity index (χ0v) is 14.4. The molecule has 0 spiro atoms. The first-order valence-corrected chi connectivity index (χ1v) is 7.33. The van der Waals surface area contributed by atoms with Crippen LogP contribution in [0.1, 0.15) is 43.5 Å². The zero-order chi connectivity index (χ0) is 15.9. The second-order valence-electron chi connectivity index (χ2n) is 6.24. The van der Waals surface area contributed by atoms with Gasteiger partial charge in [0.05, 0.1) is 16.4 Å². The molecule has 0 saturated heterocycles. The molecule has 0 aromatic carbocycles. The highest BCUT2D eigenvalue weighted by molar-refractivity contribution is 6.31. The van der Waals surface area contributed by atoms with E-state index >= 15 is 0 Å². The molecular formula is C15H22ClN5. The van der Waals surface area contributed by atoms with Gasteiger partial charge in [-0.3, -0.25) is 0 Å². The number of aromatic nitrogens is 4. The van der Waals surface area contributed by atoms with Crippen molar-refractivity contribution in [2.45, 2.75) is 47.0 Å². The zero-order valence-electron chi connectivity index (χ0n) is 13.7. The second kappa shape index (κ2) is 5.30. The molecule has 0 aliphatic rings. The number of hydrogen-bond donors (Lipinski definition) is 1. The summed E-state index contributed by atoms with van der Waals surface area (Å²) >= 11 is 6.26. The van der Waals surface area contributed by atoms with Crippen LogP contribution in [0.3, 0.4) is 0 Å². The lowest BCUT2D eigenvalue weighted by Crippen LogP contribution is -2.20. The predicted molar refractivity (Wildman–Crippen MR) is 86.6 cm³/mol. The van der Waals surface area contributed by atoms with Gasteiger partial charge >= 0.3 is 0 Å². The fourth-order valence-electron chi connectivity index (χ4n) is 2.12. The standard InChI is InChI=1S/C15H22ClN5/c1-8-12(17-7)18-14(15(4,5)6)19-13(8)21-10(3)11(16)9(2)20-21/h1-7H3,(H,17,18,19). The van der Waals surface area contributed by atoms with Crippen molar-refractivity contribution in [2.75, 3.05) is 12.4 Å². The van der Waals surface area contributed by atoms with E-state index in [-0.39, 0.29) is 5.41 Å². The topological polar surface area (TPSA) is 55.6 Å². The molecule has 0 bridgehead atoms. The predicted octanol–water partition coefficient (Wildman–Crippen LogP) is 3.58. The molecule has 0 atom stereocenters. The van der Waals surface area contributed by atoms with Crippen molar-refractivity contribution in [3.63, 3.8) is 0 Å². The molecule has 2 aromatic rings. The van der Waals surface area contributed by atoms with Gasteiger partial charge < -0.3 is 5.32 Å². The summed E-state index contributed by atoms with van der Waals surface area (Å²) in [5.41, 5.74) is 2.50. The van der Waals surface area contributed by atoms with Gasteiger partial charge in [0, 0.05) is 18.0 Å². The molecule has 0 radical (unpaired) electrons. The highest BCUT2D eigenvalue weighted by Crippen LogP contribution is 2.28. The highest BCUT2D eigenvalue weighted by atomic mass is 35.5. The first kappa shape index (κ1) is 15.8. The summed E-state index contributed by atoms with van der Waals surface area (Å²) in [6, 6.07) is 0. The van der Waals surface area contributed by atoms with Gasteiger partial charge in [-0.05, 0) is 20.8 Å². The first-order chi connectivity index (χ1) is 9.66. The third-order valence-electron chi connectivity index (χ3n) is 3.43. The fraction of sp³-hybridized carbons (Fsp3) is 0.533. The molecule has 0 saturated carbocycles. The van der Waals surface area contributed by atoms with E-state index in [2.05, 4.69) is 36.2 Å². The lowest BCUT2D eigenvalue weighted by molar-refractivity contribution is 0.541. The highest BCUT2D eigenvalue weighted by Gasteiger charge is 2.23. The maximum Gasteiger partial charge on any atom is 0.162 e. The fourth-order valence-corrected chi connectivity index (χ4v) is 2.24. The van der Waals surface area contributed by atoms with Gasteiger partial charge in [-0.25, -0.2) is 14.6 Å². The monoisotopic (exact) mass is 307 g/mol. The Morgan fingerprint density at radius 1 is 1.10 bits per heavy atom. The molecule has 6 heteroatoms. The lowest BCUT2D eigenvalue weighted by Gasteiger charge is -2.20. The summed E-state index contributed by atoms with van der Waals surface area (Å²) in [7, 11) is 1.86. The van der Waals surface area contributed by atoms with Gasteiger partial charge in [0.25, 0.3) is 0 Å². The number of halogens is 1. The van der Waals surface area contributed by atoms with Gasteiger partial charge in [0.15, 0.2) is 5.82 Å². The Bertz CT molecular complexity index is 682. The Labute approximate surface area is 130 Å². The molecule has 21 heavy (non-hydrogen) atoms. The van der Waals surface area contributed by atoms with Crippen molar-refractivity contribution in [2.24, 2.45) is 0 Å². The lowest BCUT2D eigenvalue weighted by atomic mass is 9.95. The average Bonchev–Trinajstić information content (AvgIpc) is 2.65. The first-order valence-electron chi connectivity index (χ1n) is 6.95. The summed E-state index contributed by atoms with van der Waals surface area (Å²) in [6.07, 6.45) is 0. The molecule has 0 fully saturated rings. The van der Waals surface area contributed by atoms with E-state index < -0.39 is 0 Å². The number of hydrogen-bond acceptors (Lipinski definition) is 4. The molecule has 2 heterocycles. The molecular weight excluding hydrogens is 286 g/mol. The largest absolute Gasteiger partial charge is 0.373 e. The van der Waals surface area contributed by atoms with Gasteiger partial charge in [-0.2, -0.15) is 5.10 Å². The summed E-state index contributed by atoms with van der Waals surface area (Å²) in [4.78, 5) is 9.34. The normalized spacial score (nSPS) is 11.8. The van der Waals surface area contributed by atoms with Gasteiger partial charge in [0.2, 0.25) is 0 Å². The van der Waals surface area contributed by atoms with Crippen LogP contribution in [0.15, 0.2) is 0 Å². The van der Waals surface area contributed by atoms with Crippen molar-refractivity contribution in [3.05, 3.63) is 27.8 Å². The van der Waals surface area contributed by atoms with E-state index in [0.717, 1.165) is 34.4 Å². The Morgan fingerprint density at radius 2 is 1.71 bits per heavy atom. The van der Waals surface area contributed by atoms with E-state index in [1.807, 2.05) is 27.8 Å². The average molecular weight is 308 g/mol. The number of aryl methyl sites for hydroxylation is 1. The molecule has 5 nitrogen and oxygen atoms in total. The van der Waals surface area contributed by atoms with Crippen LogP contribution in [0.5, 0.6) is 0 Å². The molecule has 0 aliphatic carbocycles. The third-order valence-corrected chi connectivity index (χ3v) is 3.98.